The van der Waals surface area contributed by atoms with Crippen LogP contribution < -0.4 is 5.73 Å². The maximum Gasteiger partial charge on any atom is 0.246 e. The Balaban J connectivity index is 2.90. The Hall–Kier alpha value is -0.990. The van der Waals surface area contributed by atoms with Crippen LogP contribution in [0.15, 0.2) is 11.3 Å². The molecule has 0 aliphatic heterocycles. The highest BCUT2D eigenvalue weighted by Crippen LogP contribution is 2.32. The summed E-state index contributed by atoms with van der Waals surface area (Å²) in [6, 6.07) is 0. The van der Waals surface area contributed by atoms with E-state index in [1.807, 2.05) is 21.0 Å². The van der Waals surface area contributed by atoms with E-state index in [-0.39, 0.29) is 5.91 Å². The normalized spacial score (nSPS) is 19.7. The Morgan fingerprint density at radius 3 is 2.13 bits per heavy atom. The highest BCUT2D eigenvalue weighted by Gasteiger charge is 2.22. The average Bonchev–Trinajstić information content (AvgIpc) is 2.18. The van der Waals surface area contributed by atoms with Gasteiger partial charge in [-0.05, 0) is 25.7 Å². The number of carbonyl (C=O) groups excluding carboxylic acids is 1. The Morgan fingerprint density at radius 2 is 1.73 bits per heavy atom. The van der Waals surface area contributed by atoms with Gasteiger partial charge in [0.15, 0.2) is 0 Å². The number of amides is 1. The lowest BCUT2D eigenvalue weighted by atomic mass is 9.85. The SMILES string of the molecule is CC(C(N)=O)=C(C1CCCCC1)N(C)C. The molecule has 0 unspecified atom stereocenters. The van der Waals surface area contributed by atoms with E-state index in [2.05, 4.69) is 4.90 Å². The molecule has 0 heterocycles. The van der Waals surface area contributed by atoms with Gasteiger partial charge in [-0.1, -0.05) is 19.3 Å². The molecule has 0 spiro atoms. The van der Waals surface area contributed by atoms with Gasteiger partial charge in [-0.2, -0.15) is 0 Å². The maximum atomic E-state index is 11.2. The summed E-state index contributed by atoms with van der Waals surface area (Å²) in [4.78, 5) is 13.3. The minimum Gasteiger partial charge on any atom is -0.380 e. The van der Waals surface area contributed by atoms with Gasteiger partial charge < -0.3 is 10.6 Å². The minimum absolute atomic E-state index is 0.288. The van der Waals surface area contributed by atoms with Gasteiger partial charge in [0.25, 0.3) is 0 Å². The van der Waals surface area contributed by atoms with Gasteiger partial charge in [-0.3, -0.25) is 4.79 Å². The molecule has 15 heavy (non-hydrogen) atoms. The maximum absolute atomic E-state index is 11.2. The molecule has 0 atom stereocenters. The summed E-state index contributed by atoms with van der Waals surface area (Å²) in [7, 11) is 3.99. The first-order valence-corrected chi connectivity index (χ1v) is 5.72. The van der Waals surface area contributed by atoms with Gasteiger partial charge in [-0.25, -0.2) is 0 Å². The molecule has 0 radical (unpaired) electrons. The van der Waals surface area contributed by atoms with Gasteiger partial charge in [0.05, 0.1) is 0 Å². The van der Waals surface area contributed by atoms with Crippen LogP contribution in [0.4, 0.5) is 0 Å². The number of allylic oxidation sites excluding steroid dienone is 1. The Kier molecular flexibility index (Phi) is 4.18. The van der Waals surface area contributed by atoms with Crippen molar-refractivity contribution in [3.05, 3.63) is 11.3 Å². The van der Waals surface area contributed by atoms with Crippen molar-refractivity contribution in [2.75, 3.05) is 14.1 Å². The van der Waals surface area contributed by atoms with E-state index in [4.69, 9.17) is 5.73 Å². The van der Waals surface area contributed by atoms with E-state index < -0.39 is 0 Å². The zero-order valence-electron chi connectivity index (χ0n) is 10.0. The lowest BCUT2D eigenvalue weighted by Gasteiger charge is -2.30. The van der Waals surface area contributed by atoms with Crippen LogP contribution in [-0.4, -0.2) is 24.9 Å². The quantitative estimate of drug-likeness (QED) is 0.723. The lowest BCUT2D eigenvalue weighted by Crippen LogP contribution is -2.27. The standard InChI is InChI=1S/C12H22N2O/c1-9(12(13)15)11(14(2)3)10-7-5-4-6-8-10/h10H,4-8H2,1-3H3,(H2,13,15). The highest BCUT2D eigenvalue weighted by molar-refractivity contribution is 5.92. The fourth-order valence-corrected chi connectivity index (χ4v) is 2.51. The molecule has 0 aromatic carbocycles. The summed E-state index contributed by atoms with van der Waals surface area (Å²) in [5, 5.41) is 0. The van der Waals surface area contributed by atoms with Crippen LogP contribution >= 0.6 is 0 Å². The molecule has 1 saturated carbocycles. The molecular formula is C12H22N2O. The Labute approximate surface area is 92.3 Å². The van der Waals surface area contributed by atoms with Crippen LogP contribution in [0.5, 0.6) is 0 Å². The first-order chi connectivity index (χ1) is 7.04. The van der Waals surface area contributed by atoms with E-state index in [1.165, 1.54) is 32.1 Å². The van der Waals surface area contributed by atoms with E-state index in [0.29, 0.717) is 5.92 Å². The molecule has 1 fully saturated rings. The summed E-state index contributed by atoms with van der Waals surface area (Å²) in [5.74, 6) is 0.241. The lowest BCUT2D eigenvalue weighted by molar-refractivity contribution is -0.114. The topological polar surface area (TPSA) is 46.3 Å². The van der Waals surface area contributed by atoms with Gasteiger partial charge in [0.1, 0.15) is 0 Å². The summed E-state index contributed by atoms with van der Waals surface area (Å²) in [5.41, 5.74) is 7.23. The van der Waals surface area contributed by atoms with Crippen LogP contribution in [-0.2, 0) is 4.79 Å². The van der Waals surface area contributed by atoms with E-state index in [0.717, 1.165) is 11.3 Å². The Bertz CT molecular complexity index is 263. The molecule has 0 aromatic rings. The molecule has 3 nitrogen and oxygen atoms in total. The van der Waals surface area contributed by atoms with E-state index in [9.17, 15) is 4.79 Å². The van der Waals surface area contributed by atoms with Crippen LogP contribution in [0.3, 0.4) is 0 Å². The Morgan fingerprint density at radius 1 is 1.20 bits per heavy atom. The van der Waals surface area contributed by atoms with Crippen LogP contribution in [0.2, 0.25) is 0 Å². The summed E-state index contributed by atoms with van der Waals surface area (Å²) < 4.78 is 0. The molecule has 1 rings (SSSR count). The second kappa shape index (κ2) is 5.19. The molecule has 0 aromatic heterocycles. The molecule has 86 valence electrons. The minimum atomic E-state index is -0.288. The van der Waals surface area contributed by atoms with Crippen molar-refractivity contribution < 1.29 is 4.79 Å². The van der Waals surface area contributed by atoms with Crippen LogP contribution in [0, 0.1) is 5.92 Å². The second-order valence-electron chi connectivity index (χ2n) is 4.60. The molecule has 3 heteroatoms. The zero-order chi connectivity index (χ0) is 11.4. The third kappa shape index (κ3) is 2.98. The number of rotatable bonds is 3. The number of hydrogen-bond acceptors (Lipinski definition) is 2. The predicted octanol–water partition coefficient (Wildman–Crippen LogP) is 1.89. The highest BCUT2D eigenvalue weighted by atomic mass is 16.1. The number of carbonyl (C=O) groups is 1. The third-order valence-corrected chi connectivity index (χ3v) is 3.23. The fraction of sp³-hybridized carbons (Fsp3) is 0.750. The van der Waals surface area contributed by atoms with Crippen molar-refractivity contribution in [3.63, 3.8) is 0 Å². The summed E-state index contributed by atoms with van der Waals surface area (Å²) in [6.45, 7) is 1.84. The number of nitrogens with zero attached hydrogens (tertiary/aromatic N) is 1. The smallest absolute Gasteiger partial charge is 0.246 e. The summed E-state index contributed by atoms with van der Waals surface area (Å²) >= 11 is 0. The van der Waals surface area contributed by atoms with Crippen LogP contribution in [0.1, 0.15) is 39.0 Å². The van der Waals surface area contributed by atoms with E-state index >= 15 is 0 Å². The monoisotopic (exact) mass is 210 g/mol. The molecule has 1 aliphatic rings. The van der Waals surface area contributed by atoms with Crippen molar-refractivity contribution in [1.82, 2.24) is 4.90 Å². The summed E-state index contributed by atoms with van der Waals surface area (Å²) in [6.07, 6.45) is 6.26. The molecular weight excluding hydrogens is 188 g/mol. The average molecular weight is 210 g/mol. The van der Waals surface area contributed by atoms with Gasteiger partial charge in [0.2, 0.25) is 5.91 Å². The third-order valence-electron chi connectivity index (χ3n) is 3.23. The molecule has 0 bridgehead atoms. The molecule has 1 aliphatic carbocycles. The number of nitrogens with two attached hydrogens (primary N) is 1. The van der Waals surface area contributed by atoms with Crippen molar-refractivity contribution in [3.8, 4) is 0 Å². The van der Waals surface area contributed by atoms with Crippen molar-refractivity contribution in [2.24, 2.45) is 11.7 Å². The van der Waals surface area contributed by atoms with Crippen molar-refractivity contribution >= 4 is 5.91 Å². The fourth-order valence-electron chi connectivity index (χ4n) is 2.51. The van der Waals surface area contributed by atoms with Crippen LogP contribution in [0.25, 0.3) is 0 Å². The number of primary amides is 1. The van der Waals surface area contributed by atoms with Crippen molar-refractivity contribution in [2.45, 2.75) is 39.0 Å². The van der Waals surface area contributed by atoms with Gasteiger partial charge in [-0.15, -0.1) is 0 Å². The second-order valence-corrected chi connectivity index (χ2v) is 4.60. The van der Waals surface area contributed by atoms with Crippen molar-refractivity contribution in [1.29, 1.82) is 0 Å². The number of hydrogen-bond donors (Lipinski definition) is 1. The molecule has 0 saturated heterocycles. The van der Waals surface area contributed by atoms with Gasteiger partial charge in [0, 0.05) is 25.4 Å². The largest absolute Gasteiger partial charge is 0.380 e. The predicted molar refractivity (Wildman–Crippen MR) is 62.2 cm³/mol. The van der Waals surface area contributed by atoms with Gasteiger partial charge >= 0.3 is 0 Å². The van der Waals surface area contributed by atoms with E-state index in [1.54, 1.807) is 0 Å². The molecule has 2 N–H and O–H groups in total. The first-order valence-electron chi connectivity index (χ1n) is 5.72. The zero-order valence-corrected chi connectivity index (χ0v) is 10.0. The first kappa shape index (κ1) is 12.1. The molecule has 1 amide bonds.